The van der Waals surface area contributed by atoms with Gasteiger partial charge in [0.05, 0.1) is 6.10 Å². The van der Waals surface area contributed by atoms with Gasteiger partial charge in [0.2, 0.25) is 0 Å². The highest BCUT2D eigenvalue weighted by Crippen LogP contribution is 2.04. The van der Waals surface area contributed by atoms with Crippen molar-refractivity contribution in [2.75, 3.05) is 19.6 Å². The molecule has 0 aliphatic rings. The number of hydrogen-bond acceptors (Lipinski definition) is 3. The average Bonchev–Trinajstić information content (AvgIpc) is 2.29. The minimum atomic E-state index is -0.423. The number of rotatable bonds is 6. The second-order valence-electron chi connectivity index (χ2n) is 3.70. The van der Waals surface area contributed by atoms with Gasteiger partial charge in [0.15, 0.2) is 0 Å². The van der Waals surface area contributed by atoms with E-state index in [0.717, 1.165) is 13.1 Å². The van der Waals surface area contributed by atoms with E-state index < -0.39 is 6.10 Å². The van der Waals surface area contributed by atoms with Crippen LogP contribution < -0.4 is 5.73 Å². The van der Waals surface area contributed by atoms with Gasteiger partial charge in [-0.3, -0.25) is 4.90 Å². The van der Waals surface area contributed by atoms with E-state index in [1.54, 1.807) is 0 Å². The molecule has 0 saturated heterocycles. The maximum atomic E-state index is 9.47. The molecule has 0 aliphatic heterocycles. The van der Waals surface area contributed by atoms with E-state index >= 15 is 0 Å². The quantitative estimate of drug-likeness (QED) is 0.728. The summed E-state index contributed by atoms with van der Waals surface area (Å²) < 4.78 is 0. The van der Waals surface area contributed by atoms with Gasteiger partial charge in [0.1, 0.15) is 0 Å². The fourth-order valence-corrected chi connectivity index (χ4v) is 1.52. The van der Waals surface area contributed by atoms with Crippen molar-refractivity contribution in [1.29, 1.82) is 0 Å². The molecule has 1 atom stereocenters. The van der Waals surface area contributed by atoms with Crippen LogP contribution in [-0.4, -0.2) is 35.7 Å². The smallest absolute Gasteiger partial charge is 0.0789 e. The fraction of sp³-hybridized carbons (Fsp3) is 0.500. The summed E-state index contributed by atoms with van der Waals surface area (Å²) in [5, 5.41) is 9.47. The predicted molar refractivity (Wildman–Crippen MR) is 62.5 cm³/mol. The van der Waals surface area contributed by atoms with Gasteiger partial charge < -0.3 is 10.8 Å². The highest BCUT2D eigenvalue weighted by Gasteiger charge is 2.08. The van der Waals surface area contributed by atoms with Crippen LogP contribution in [0.1, 0.15) is 12.5 Å². The molecule has 3 N–H and O–H groups in total. The summed E-state index contributed by atoms with van der Waals surface area (Å²) >= 11 is 0. The van der Waals surface area contributed by atoms with Crippen molar-refractivity contribution in [1.82, 2.24) is 4.90 Å². The lowest BCUT2D eigenvalue weighted by Crippen LogP contribution is -2.36. The number of nitrogens with two attached hydrogens (primary N) is 1. The first-order valence-electron chi connectivity index (χ1n) is 5.40. The largest absolute Gasteiger partial charge is 0.390 e. The Kier molecular flexibility index (Phi) is 5.32. The Bertz CT molecular complexity index is 264. The van der Waals surface area contributed by atoms with Crippen LogP contribution in [0.5, 0.6) is 0 Å². The summed E-state index contributed by atoms with van der Waals surface area (Å²) in [5.74, 6) is 0. The molecule has 0 saturated carbocycles. The molecule has 1 aromatic rings. The topological polar surface area (TPSA) is 49.5 Å². The summed E-state index contributed by atoms with van der Waals surface area (Å²) in [7, 11) is 0. The van der Waals surface area contributed by atoms with E-state index in [1.165, 1.54) is 5.56 Å². The first-order valence-corrected chi connectivity index (χ1v) is 5.40. The van der Waals surface area contributed by atoms with Crippen molar-refractivity contribution in [3.05, 3.63) is 35.9 Å². The van der Waals surface area contributed by atoms with Gasteiger partial charge >= 0.3 is 0 Å². The van der Waals surface area contributed by atoms with Crippen LogP contribution in [0, 0.1) is 0 Å². The van der Waals surface area contributed by atoms with Gasteiger partial charge in [-0.25, -0.2) is 0 Å². The molecule has 1 rings (SSSR count). The van der Waals surface area contributed by atoms with Crippen LogP contribution in [0.2, 0.25) is 0 Å². The van der Waals surface area contributed by atoms with E-state index in [9.17, 15) is 5.11 Å². The summed E-state index contributed by atoms with van der Waals surface area (Å²) in [6.07, 6.45) is -0.423. The van der Waals surface area contributed by atoms with Gasteiger partial charge in [0.25, 0.3) is 0 Å². The predicted octanol–water partition coefficient (Wildman–Crippen LogP) is 0.828. The Hall–Kier alpha value is -0.900. The summed E-state index contributed by atoms with van der Waals surface area (Å²) in [6, 6.07) is 10.3. The maximum Gasteiger partial charge on any atom is 0.0789 e. The van der Waals surface area contributed by atoms with Gasteiger partial charge in [-0.05, 0) is 12.1 Å². The summed E-state index contributed by atoms with van der Waals surface area (Å²) in [5.41, 5.74) is 6.66. The Labute approximate surface area is 91.5 Å². The number of likely N-dealkylation sites (N-methyl/N-ethyl adjacent to an activating group) is 1. The van der Waals surface area contributed by atoms with Gasteiger partial charge in [-0.2, -0.15) is 0 Å². The number of nitrogens with zero attached hydrogens (tertiary/aromatic N) is 1. The minimum Gasteiger partial charge on any atom is -0.390 e. The van der Waals surface area contributed by atoms with Crippen LogP contribution in [0.4, 0.5) is 0 Å². The van der Waals surface area contributed by atoms with E-state index in [2.05, 4.69) is 24.0 Å². The lowest BCUT2D eigenvalue weighted by molar-refractivity contribution is 0.118. The normalized spacial score (nSPS) is 13.1. The molecule has 15 heavy (non-hydrogen) atoms. The number of aliphatic hydroxyl groups excluding tert-OH is 1. The molecule has 84 valence electrons. The second kappa shape index (κ2) is 6.56. The molecule has 3 nitrogen and oxygen atoms in total. The van der Waals surface area contributed by atoms with Crippen molar-refractivity contribution in [2.45, 2.75) is 19.6 Å². The van der Waals surface area contributed by atoms with Crippen LogP contribution >= 0.6 is 0 Å². The number of hydrogen-bond donors (Lipinski definition) is 2. The van der Waals surface area contributed by atoms with Crippen LogP contribution in [0.3, 0.4) is 0 Å². The van der Waals surface area contributed by atoms with Crippen molar-refractivity contribution in [2.24, 2.45) is 5.73 Å². The molecule has 1 aromatic carbocycles. The standard InChI is InChI=1S/C12H20N2O/c1-2-14(10-12(15)8-13)9-11-6-4-3-5-7-11/h3-7,12,15H,2,8-10,13H2,1H3. The van der Waals surface area contributed by atoms with E-state index in [-0.39, 0.29) is 0 Å². The average molecular weight is 208 g/mol. The molecule has 3 heteroatoms. The molecule has 0 radical (unpaired) electrons. The lowest BCUT2D eigenvalue weighted by atomic mass is 10.2. The molecule has 0 aliphatic carbocycles. The third-order valence-electron chi connectivity index (χ3n) is 2.44. The third kappa shape index (κ3) is 4.42. The molecule has 0 spiro atoms. The summed E-state index contributed by atoms with van der Waals surface area (Å²) in [4.78, 5) is 2.19. The molecular weight excluding hydrogens is 188 g/mol. The molecule has 0 fully saturated rings. The lowest BCUT2D eigenvalue weighted by Gasteiger charge is -2.22. The molecule has 0 amide bonds. The SMILES string of the molecule is CCN(Cc1ccccc1)CC(O)CN. The third-order valence-corrected chi connectivity index (χ3v) is 2.44. The zero-order valence-corrected chi connectivity index (χ0v) is 9.26. The van der Waals surface area contributed by atoms with Crippen molar-refractivity contribution in [3.63, 3.8) is 0 Å². The molecule has 0 heterocycles. The van der Waals surface area contributed by atoms with Gasteiger partial charge in [0, 0.05) is 19.6 Å². The Morgan fingerprint density at radius 2 is 2.00 bits per heavy atom. The maximum absolute atomic E-state index is 9.47. The molecule has 0 bridgehead atoms. The van der Waals surface area contributed by atoms with Crippen LogP contribution in [0.15, 0.2) is 30.3 Å². The highest BCUT2D eigenvalue weighted by atomic mass is 16.3. The van der Waals surface area contributed by atoms with Crippen molar-refractivity contribution >= 4 is 0 Å². The van der Waals surface area contributed by atoms with Crippen LogP contribution in [-0.2, 0) is 6.54 Å². The second-order valence-corrected chi connectivity index (χ2v) is 3.70. The van der Waals surface area contributed by atoms with Crippen LogP contribution in [0.25, 0.3) is 0 Å². The monoisotopic (exact) mass is 208 g/mol. The Morgan fingerprint density at radius 1 is 1.33 bits per heavy atom. The molecular formula is C12H20N2O. The highest BCUT2D eigenvalue weighted by molar-refractivity contribution is 5.14. The Morgan fingerprint density at radius 3 is 2.53 bits per heavy atom. The zero-order chi connectivity index (χ0) is 11.1. The Balaban J connectivity index is 2.47. The molecule has 1 unspecified atom stereocenters. The van der Waals surface area contributed by atoms with Gasteiger partial charge in [-0.15, -0.1) is 0 Å². The first kappa shape index (κ1) is 12.2. The number of aliphatic hydroxyl groups is 1. The minimum absolute atomic E-state index is 0.325. The van der Waals surface area contributed by atoms with Crippen molar-refractivity contribution in [3.8, 4) is 0 Å². The van der Waals surface area contributed by atoms with E-state index in [0.29, 0.717) is 13.1 Å². The van der Waals surface area contributed by atoms with Gasteiger partial charge in [-0.1, -0.05) is 37.3 Å². The van der Waals surface area contributed by atoms with E-state index in [4.69, 9.17) is 5.73 Å². The first-order chi connectivity index (χ1) is 7.26. The van der Waals surface area contributed by atoms with Crippen molar-refractivity contribution < 1.29 is 5.11 Å². The summed E-state index contributed by atoms with van der Waals surface area (Å²) in [6.45, 7) is 4.85. The molecule has 0 aromatic heterocycles. The number of benzene rings is 1. The van der Waals surface area contributed by atoms with E-state index in [1.807, 2.05) is 18.2 Å². The zero-order valence-electron chi connectivity index (χ0n) is 9.26. The fourth-order valence-electron chi connectivity index (χ4n) is 1.52.